The van der Waals surface area contributed by atoms with Crippen molar-refractivity contribution in [2.45, 2.75) is 11.8 Å². The predicted molar refractivity (Wildman–Crippen MR) is 106 cm³/mol. The van der Waals surface area contributed by atoms with Crippen LogP contribution in [0.15, 0.2) is 59.6 Å². The molecule has 0 aliphatic carbocycles. The molecule has 0 aliphatic rings. The number of nitrogens with one attached hydrogen (secondary N) is 1. The van der Waals surface area contributed by atoms with Gasteiger partial charge >= 0.3 is 0 Å². The van der Waals surface area contributed by atoms with Crippen LogP contribution < -0.4 is 9.62 Å². The van der Waals surface area contributed by atoms with E-state index in [0.29, 0.717) is 5.69 Å². The maximum Gasteiger partial charge on any atom is 0.265 e. The maximum atomic E-state index is 13.0. The Hall–Kier alpha value is -3.33. The molecule has 9 heteroatoms. The van der Waals surface area contributed by atoms with Gasteiger partial charge in [-0.1, -0.05) is 17.7 Å². The number of hydrogen-bond acceptors (Lipinski definition) is 5. The zero-order valence-corrected chi connectivity index (χ0v) is 16.4. The van der Waals surface area contributed by atoms with E-state index in [2.05, 4.69) is 10.4 Å². The molecule has 1 heterocycles. The lowest BCUT2D eigenvalue weighted by Gasteiger charge is -2.21. The molecule has 8 nitrogen and oxygen atoms in total. The standard InChI is InChI=1S/C19H20N4O4S/c1-13-4-10-16(11-5-13)28(26,27)23(3)19-17(12-20-22(19)2)18(25)21-14-6-8-15(24)9-7-14/h4-12,24H,1-3H3,(H,21,25). The van der Waals surface area contributed by atoms with Gasteiger partial charge in [-0.3, -0.25) is 13.8 Å². The first-order chi connectivity index (χ1) is 13.2. The predicted octanol–water partition coefficient (Wildman–Crippen LogP) is 2.51. The van der Waals surface area contributed by atoms with E-state index in [1.165, 1.54) is 54.3 Å². The van der Waals surface area contributed by atoms with Crippen LogP contribution in [0.3, 0.4) is 0 Å². The number of benzene rings is 2. The molecular weight excluding hydrogens is 380 g/mol. The van der Waals surface area contributed by atoms with E-state index >= 15 is 0 Å². The number of nitrogens with zero attached hydrogens (tertiary/aromatic N) is 3. The normalized spacial score (nSPS) is 11.2. The van der Waals surface area contributed by atoms with E-state index in [0.717, 1.165) is 9.87 Å². The number of aromatic hydroxyl groups is 1. The highest BCUT2D eigenvalue weighted by Crippen LogP contribution is 2.26. The molecule has 3 rings (SSSR count). The van der Waals surface area contributed by atoms with Gasteiger partial charge in [-0.15, -0.1) is 0 Å². The highest BCUT2D eigenvalue weighted by Gasteiger charge is 2.28. The van der Waals surface area contributed by atoms with Gasteiger partial charge in [-0.05, 0) is 43.3 Å². The van der Waals surface area contributed by atoms with Crippen molar-refractivity contribution < 1.29 is 18.3 Å². The molecule has 0 fully saturated rings. The first kappa shape index (κ1) is 19.4. The van der Waals surface area contributed by atoms with Gasteiger partial charge in [0.1, 0.15) is 11.3 Å². The van der Waals surface area contributed by atoms with Crippen LogP contribution in [0.5, 0.6) is 5.75 Å². The highest BCUT2D eigenvalue weighted by atomic mass is 32.2. The van der Waals surface area contributed by atoms with Crippen LogP contribution in [0.1, 0.15) is 15.9 Å². The molecule has 0 unspecified atom stereocenters. The minimum atomic E-state index is -3.88. The Labute approximate surface area is 163 Å². The molecule has 2 N–H and O–H groups in total. The fraction of sp³-hybridized carbons (Fsp3) is 0.158. The van der Waals surface area contributed by atoms with E-state index in [1.807, 2.05) is 6.92 Å². The largest absolute Gasteiger partial charge is 0.508 e. The van der Waals surface area contributed by atoms with Crippen molar-refractivity contribution in [2.75, 3.05) is 16.7 Å². The second-order valence-electron chi connectivity index (χ2n) is 6.29. The van der Waals surface area contributed by atoms with Crippen molar-refractivity contribution in [3.63, 3.8) is 0 Å². The van der Waals surface area contributed by atoms with E-state index in [-0.39, 0.29) is 22.0 Å². The summed E-state index contributed by atoms with van der Waals surface area (Å²) >= 11 is 0. The number of aryl methyl sites for hydroxylation is 2. The van der Waals surface area contributed by atoms with E-state index < -0.39 is 15.9 Å². The molecule has 0 aliphatic heterocycles. The van der Waals surface area contributed by atoms with E-state index in [9.17, 15) is 18.3 Å². The molecule has 1 amide bonds. The van der Waals surface area contributed by atoms with Crippen LogP contribution in [0, 0.1) is 6.92 Å². The van der Waals surface area contributed by atoms with Gasteiger partial charge in [0.2, 0.25) is 0 Å². The van der Waals surface area contributed by atoms with Crippen molar-refractivity contribution in [2.24, 2.45) is 7.05 Å². The van der Waals surface area contributed by atoms with Crippen LogP contribution in [0.2, 0.25) is 0 Å². The quantitative estimate of drug-likeness (QED) is 0.641. The average molecular weight is 400 g/mol. The first-order valence-corrected chi connectivity index (χ1v) is 9.82. The Bertz CT molecular complexity index is 1100. The number of anilines is 2. The van der Waals surface area contributed by atoms with Gasteiger partial charge in [0.05, 0.1) is 11.1 Å². The zero-order valence-electron chi connectivity index (χ0n) is 15.6. The van der Waals surface area contributed by atoms with Crippen molar-refractivity contribution in [1.29, 1.82) is 0 Å². The Morgan fingerprint density at radius 3 is 2.32 bits per heavy atom. The number of phenolic OH excluding ortho intramolecular Hbond substituents is 1. The van der Waals surface area contributed by atoms with E-state index in [4.69, 9.17) is 0 Å². The number of phenols is 1. The number of amides is 1. The molecule has 2 aromatic carbocycles. The number of sulfonamides is 1. The van der Waals surface area contributed by atoms with Gasteiger partial charge in [-0.25, -0.2) is 8.42 Å². The van der Waals surface area contributed by atoms with Crippen molar-refractivity contribution in [1.82, 2.24) is 9.78 Å². The molecule has 28 heavy (non-hydrogen) atoms. The minimum Gasteiger partial charge on any atom is -0.508 e. The summed E-state index contributed by atoms with van der Waals surface area (Å²) in [7, 11) is -0.934. The third-order valence-electron chi connectivity index (χ3n) is 4.25. The zero-order chi connectivity index (χ0) is 20.5. The van der Waals surface area contributed by atoms with Gasteiger partial charge in [0, 0.05) is 19.8 Å². The number of aromatic nitrogens is 2. The lowest BCUT2D eigenvalue weighted by molar-refractivity contribution is 0.102. The van der Waals surface area contributed by atoms with Crippen LogP contribution in [0.25, 0.3) is 0 Å². The summed E-state index contributed by atoms with van der Waals surface area (Å²) in [6.45, 7) is 1.87. The SMILES string of the molecule is Cc1ccc(S(=O)(=O)N(C)c2c(C(=O)Nc3ccc(O)cc3)cnn2C)cc1. The monoisotopic (exact) mass is 400 g/mol. The smallest absolute Gasteiger partial charge is 0.265 e. The van der Waals surface area contributed by atoms with Crippen LogP contribution >= 0.6 is 0 Å². The Kier molecular flexibility index (Phi) is 5.10. The second kappa shape index (κ2) is 7.35. The molecule has 146 valence electrons. The van der Waals surface area contributed by atoms with Crippen LogP contribution in [-0.4, -0.2) is 36.3 Å². The molecule has 0 radical (unpaired) electrons. The second-order valence-corrected chi connectivity index (χ2v) is 8.26. The molecule has 0 atom stereocenters. The summed E-state index contributed by atoms with van der Waals surface area (Å²) in [5, 5.41) is 16.1. The molecule has 0 saturated carbocycles. The summed E-state index contributed by atoms with van der Waals surface area (Å²) in [6, 6.07) is 12.4. The lowest BCUT2D eigenvalue weighted by atomic mass is 10.2. The fourth-order valence-electron chi connectivity index (χ4n) is 2.69. The topological polar surface area (TPSA) is 105 Å². The van der Waals surface area contributed by atoms with Gasteiger partial charge < -0.3 is 10.4 Å². The molecule has 0 spiro atoms. The average Bonchev–Trinajstić information content (AvgIpc) is 3.04. The Morgan fingerprint density at radius 2 is 1.71 bits per heavy atom. The van der Waals surface area contributed by atoms with Crippen molar-refractivity contribution in [3.05, 3.63) is 65.9 Å². The minimum absolute atomic E-state index is 0.0731. The highest BCUT2D eigenvalue weighted by molar-refractivity contribution is 7.92. The van der Waals surface area contributed by atoms with Gasteiger partial charge in [0.15, 0.2) is 5.82 Å². The van der Waals surface area contributed by atoms with Crippen LogP contribution in [-0.2, 0) is 17.1 Å². The molecular formula is C19H20N4O4S. The number of carbonyl (C=O) groups is 1. The summed E-state index contributed by atoms with van der Waals surface area (Å²) < 4.78 is 28.3. The van der Waals surface area contributed by atoms with Gasteiger partial charge in [-0.2, -0.15) is 5.10 Å². The van der Waals surface area contributed by atoms with Crippen molar-refractivity contribution >= 4 is 27.4 Å². The summed E-state index contributed by atoms with van der Waals surface area (Å²) in [5.41, 5.74) is 1.51. The summed E-state index contributed by atoms with van der Waals surface area (Å²) in [6.07, 6.45) is 1.31. The first-order valence-electron chi connectivity index (χ1n) is 8.38. The number of carbonyl (C=O) groups excluding carboxylic acids is 1. The molecule has 1 aromatic heterocycles. The summed E-state index contributed by atoms with van der Waals surface area (Å²) in [4.78, 5) is 12.8. The maximum absolute atomic E-state index is 13.0. The van der Waals surface area contributed by atoms with E-state index in [1.54, 1.807) is 19.2 Å². The van der Waals surface area contributed by atoms with Crippen LogP contribution in [0.4, 0.5) is 11.5 Å². The molecule has 0 saturated heterocycles. The Morgan fingerprint density at radius 1 is 1.11 bits per heavy atom. The van der Waals surface area contributed by atoms with Crippen molar-refractivity contribution in [3.8, 4) is 5.75 Å². The third kappa shape index (κ3) is 3.70. The number of hydrogen-bond donors (Lipinski definition) is 2. The number of rotatable bonds is 5. The summed E-state index contributed by atoms with van der Waals surface area (Å²) in [5.74, 6) is -0.305. The fourth-order valence-corrected chi connectivity index (χ4v) is 3.93. The van der Waals surface area contributed by atoms with Gasteiger partial charge in [0.25, 0.3) is 15.9 Å². The Balaban J connectivity index is 1.94. The molecule has 0 bridgehead atoms. The third-order valence-corrected chi connectivity index (χ3v) is 6.02. The molecule has 3 aromatic rings. The lowest BCUT2D eigenvalue weighted by Crippen LogP contribution is -2.30.